The first-order valence-corrected chi connectivity index (χ1v) is 21.4. The van der Waals surface area contributed by atoms with Crippen LogP contribution in [0.15, 0.2) is 0 Å². The Bertz CT molecular complexity index is 789. The van der Waals surface area contributed by atoms with Gasteiger partial charge in [0.15, 0.2) is 0 Å². The number of hydrogen-bond donors (Lipinski definition) is 0. The van der Waals surface area contributed by atoms with Crippen LogP contribution in [0.1, 0.15) is 0 Å². The van der Waals surface area contributed by atoms with Gasteiger partial charge in [0.2, 0.25) is 0 Å². The Morgan fingerprint density at radius 2 is 0.388 bits per heavy atom. The second kappa shape index (κ2) is 53.9. The van der Waals surface area contributed by atoms with E-state index in [1.165, 1.54) is 0 Å². The van der Waals surface area contributed by atoms with E-state index in [0.29, 0.717) is 0 Å². The van der Waals surface area contributed by atoms with Crippen LogP contribution >= 0.6 is 0 Å². The summed E-state index contributed by atoms with van der Waals surface area (Å²) in [5, 5.41) is 0. The largest absolute Gasteiger partial charge is 0.376 e. The number of hydrogen-bond acceptors (Lipinski definition) is 22. The van der Waals surface area contributed by atoms with Crippen molar-refractivity contribution in [3.63, 3.8) is 0 Å². The second-order valence-corrected chi connectivity index (χ2v) is 13.5. The maximum Gasteiger partial charge on any atom is 0.111 e. The molecule has 0 heterocycles. The minimum Gasteiger partial charge on any atom is -0.376 e. The number of nitrogens with zero attached hydrogens (tertiary/aromatic N) is 2. The zero-order chi connectivity index (χ0) is 48.9. The quantitative estimate of drug-likeness (QED) is 0.0490. The summed E-state index contributed by atoms with van der Waals surface area (Å²) in [4.78, 5) is 32.2. The van der Waals surface area contributed by atoms with Crippen molar-refractivity contribution in [2.24, 2.45) is 0 Å². The van der Waals surface area contributed by atoms with E-state index in [-0.39, 0.29) is 218 Å². The van der Waals surface area contributed by atoms with E-state index in [9.17, 15) is 36.2 Å². The molecule has 0 atom stereocenters. The van der Waals surface area contributed by atoms with Crippen LogP contribution in [0, 0.1) is 0 Å². The molecule has 0 rings (SSSR count). The van der Waals surface area contributed by atoms with Gasteiger partial charge in [0.1, 0.15) is 77.3 Å². The first-order valence-electron chi connectivity index (χ1n) is 21.4. The summed E-state index contributed by atoms with van der Waals surface area (Å²) in [5.74, 6) is 0. The van der Waals surface area contributed by atoms with Crippen LogP contribution in [-0.2, 0) is 96.4 Å². The minimum absolute atomic E-state index is 0.0290. The van der Waals surface area contributed by atoms with Gasteiger partial charge in [-0.3, -0.25) is 9.80 Å². The Kier molecular flexibility index (Phi) is 52.7. The number of halogens is 8. The lowest BCUT2D eigenvalue weighted by molar-refractivity contribution is -0.160. The zero-order valence-electron chi connectivity index (χ0n) is 37.7. The van der Waals surface area contributed by atoms with E-state index in [4.69, 9.17) is 56.8 Å². The van der Waals surface area contributed by atoms with Crippen LogP contribution in [0.2, 0.25) is 0 Å². The molecule has 0 aliphatic rings. The van der Waals surface area contributed by atoms with E-state index in [2.05, 4.69) is 39.5 Å². The average Bonchev–Trinajstić information content (AvgIpc) is 3.33. The second-order valence-electron chi connectivity index (χ2n) is 13.5. The van der Waals surface area contributed by atoms with Crippen molar-refractivity contribution in [2.75, 3.05) is 218 Å². The molecule has 0 unspecified atom stereocenters. The average molecular weight is 1010 g/mol. The molecule has 0 aliphatic carbocycles. The highest BCUT2D eigenvalue weighted by molar-refractivity contribution is 4.67. The van der Waals surface area contributed by atoms with Crippen molar-refractivity contribution >= 4 is 0 Å². The van der Waals surface area contributed by atoms with Gasteiger partial charge in [-0.25, -0.2) is 0 Å². The fraction of sp³-hybridized carbons (Fsp3) is 1.00. The summed E-state index contributed by atoms with van der Waals surface area (Å²) in [7, 11) is 0. The summed E-state index contributed by atoms with van der Waals surface area (Å²) in [6, 6.07) is 0. The monoisotopic (exact) mass is 1010 g/mol. The summed E-state index contributed by atoms with van der Waals surface area (Å²) in [6.07, 6.45) is -2.73. The zero-order valence-corrected chi connectivity index (χ0v) is 37.7. The molecule has 0 spiro atoms. The third-order valence-electron chi connectivity index (χ3n) is 8.31. The molecule has 0 aromatic carbocycles. The van der Waals surface area contributed by atoms with Crippen LogP contribution in [0.3, 0.4) is 0 Å². The Morgan fingerprint density at radius 3 is 0.537 bits per heavy atom. The molecule has 30 heteroatoms. The Balaban J connectivity index is 6.32. The van der Waals surface area contributed by atoms with E-state index >= 15 is 0 Å². The van der Waals surface area contributed by atoms with E-state index < -0.39 is 24.4 Å². The summed E-state index contributed by atoms with van der Waals surface area (Å²) in [5.41, 5.74) is 0. The molecule has 0 saturated heterocycles. The normalized spacial score (nSPS) is 12.3. The van der Waals surface area contributed by atoms with Crippen LogP contribution in [0.5, 0.6) is 0 Å². The molecule has 0 fully saturated rings. The molecular formula is C37H70F8N2O20. The molecule has 0 aromatic rings. The van der Waals surface area contributed by atoms with Crippen LogP contribution in [-0.4, -0.2) is 252 Å². The fourth-order valence-corrected chi connectivity index (χ4v) is 5.20. The maximum atomic E-state index is 12.2. The standard InChI is InChI=1S/C37H70F8N2O20/c38-60-17-9-48-25-34(26-49-10-18-61-39)56-5-1-46(2-6-57-35(27-50-11-19-62-40)28-51-12-20-63-41)33-47(3-7-58-36(29-52-13-21-64-42)30-53-14-22-65-43)4-8-59-37(31-54-15-23-66-44)32-55-16-24-67-45/h34-37H,1-33H2. The predicted octanol–water partition coefficient (Wildman–Crippen LogP) is 2.43. The minimum atomic E-state index is -0.681. The van der Waals surface area contributed by atoms with Crippen LogP contribution < -0.4 is 0 Å². The van der Waals surface area contributed by atoms with Gasteiger partial charge in [0.25, 0.3) is 0 Å². The van der Waals surface area contributed by atoms with Gasteiger partial charge in [0.05, 0.1) is 139 Å². The maximum absolute atomic E-state index is 12.2. The highest BCUT2D eigenvalue weighted by atomic mass is 19.3. The predicted molar refractivity (Wildman–Crippen MR) is 210 cm³/mol. The van der Waals surface area contributed by atoms with Gasteiger partial charge < -0.3 is 56.8 Å². The number of rotatable bonds is 58. The van der Waals surface area contributed by atoms with Gasteiger partial charge in [-0.15, -0.1) is 0 Å². The third-order valence-corrected chi connectivity index (χ3v) is 8.31. The molecule has 67 heavy (non-hydrogen) atoms. The lowest BCUT2D eigenvalue weighted by Gasteiger charge is -2.32. The van der Waals surface area contributed by atoms with Gasteiger partial charge in [-0.1, -0.05) is 0 Å². The molecule has 0 aromatic heterocycles. The van der Waals surface area contributed by atoms with Gasteiger partial charge in [0, 0.05) is 26.2 Å². The molecule has 0 saturated carbocycles. The van der Waals surface area contributed by atoms with Crippen molar-refractivity contribution < 1.29 is 133 Å². The molecule has 0 N–H and O–H groups in total. The topological polar surface area (TPSA) is 191 Å². The van der Waals surface area contributed by atoms with E-state index in [1.807, 2.05) is 9.80 Å². The molecule has 0 radical (unpaired) electrons. The van der Waals surface area contributed by atoms with Gasteiger partial charge >= 0.3 is 0 Å². The smallest absolute Gasteiger partial charge is 0.111 e. The van der Waals surface area contributed by atoms with E-state index in [0.717, 1.165) is 0 Å². The summed E-state index contributed by atoms with van der Waals surface area (Å²) >= 11 is 0. The van der Waals surface area contributed by atoms with Crippen molar-refractivity contribution in [1.29, 1.82) is 0 Å². The van der Waals surface area contributed by atoms with Crippen molar-refractivity contribution in [1.82, 2.24) is 9.80 Å². The van der Waals surface area contributed by atoms with Crippen molar-refractivity contribution in [2.45, 2.75) is 24.4 Å². The molecular weight excluding hydrogens is 944 g/mol. The Hall–Kier alpha value is -1.44. The summed E-state index contributed by atoms with van der Waals surface area (Å²) in [6.45, 7) is -2.03. The van der Waals surface area contributed by atoms with Crippen LogP contribution in [0.25, 0.3) is 0 Å². The Labute approximate surface area is 384 Å². The first-order chi connectivity index (χ1) is 33.0. The molecule has 0 aliphatic heterocycles. The fourth-order valence-electron chi connectivity index (χ4n) is 5.20. The lowest BCUT2D eigenvalue weighted by atomic mass is 10.4. The SMILES string of the molecule is FOCCOCC(COCCOF)OCCN(CCOC(COCCOF)COCCOF)CN(CCOC(COCCOF)COCCOF)CCOC(COCCOF)COCCOF. The highest BCUT2D eigenvalue weighted by Crippen LogP contribution is 2.06. The highest BCUT2D eigenvalue weighted by Gasteiger charge is 2.20. The first kappa shape index (κ1) is 65.6. The van der Waals surface area contributed by atoms with Gasteiger partial charge in [-0.05, 0) is 36.2 Å². The van der Waals surface area contributed by atoms with Crippen molar-refractivity contribution in [3.05, 3.63) is 0 Å². The molecule has 22 nitrogen and oxygen atoms in total. The lowest BCUT2D eigenvalue weighted by Crippen LogP contribution is -2.45. The van der Waals surface area contributed by atoms with Crippen LogP contribution in [0.4, 0.5) is 36.2 Å². The molecule has 404 valence electrons. The van der Waals surface area contributed by atoms with E-state index in [1.54, 1.807) is 0 Å². The number of ether oxygens (including phenoxy) is 12. The third kappa shape index (κ3) is 45.5. The summed E-state index contributed by atoms with van der Waals surface area (Å²) < 4.78 is 165. The van der Waals surface area contributed by atoms with Gasteiger partial charge in [-0.2, -0.15) is 39.5 Å². The van der Waals surface area contributed by atoms with Crippen molar-refractivity contribution in [3.8, 4) is 0 Å². The Morgan fingerprint density at radius 1 is 0.224 bits per heavy atom. The molecule has 0 bridgehead atoms. The molecule has 0 amide bonds.